The molecule has 0 saturated heterocycles. The molecular formula is C9H16N2O3S. The zero-order chi connectivity index (χ0) is 11.5. The maximum atomic E-state index is 11.4. The van der Waals surface area contributed by atoms with Crippen LogP contribution in [-0.2, 0) is 14.6 Å². The first kappa shape index (κ1) is 12.2. The predicted octanol–water partition coefficient (Wildman–Crippen LogP) is -0.602. The van der Waals surface area contributed by atoms with Crippen LogP contribution in [0.15, 0.2) is 11.5 Å². The Morgan fingerprint density at radius 1 is 1.67 bits per heavy atom. The Labute approximate surface area is 89.6 Å². The number of hydrogen-bond donors (Lipinski definition) is 2. The van der Waals surface area contributed by atoms with E-state index in [9.17, 15) is 13.2 Å². The fraction of sp³-hybridized carbons (Fsp3) is 0.667. The molecule has 1 aliphatic heterocycles. The van der Waals surface area contributed by atoms with Crippen molar-refractivity contribution in [1.29, 1.82) is 0 Å². The van der Waals surface area contributed by atoms with E-state index < -0.39 is 9.84 Å². The third-order valence-electron chi connectivity index (χ3n) is 2.21. The lowest BCUT2D eigenvalue weighted by Crippen LogP contribution is -2.36. The lowest BCUT2D eigenvalue weighted by molar-refractivity contribution is -0.122. The number of sulfone groups is 1. The highest BCUT2D eigenvalue weighted by Gasteiger charge is 2.23. The van der Waals surface area contributed by atoms with Crippen LogP contribution in [0.3, 0.4) is 0 Å². The van der Waals surface area contributed by atoms with E-state index >= 15 is 0 Å². The Kier molecular flexibility index (Phi) is 3.87. The van der Waals surface area contributed by atoms with E-state index in [0.717, 1.165) is 5.41 Å². The van der Waals surface area contributed by atoms with Crippen LogP contribution in [0.5, 0.6) is 0 Å². The molecule has 0 radical (unpaired) electrons. The van der Waals surface area contributed by atoms with Gasteiger partial charge in [-0.1, -0.05) is 6.92 Å². The highest BCUT2D eigenvalue weighted by atomic mass is 32.2. The lowest BCUT2D eigenvalue weighted by atomic mass is 10.1. The van der Waals surface area contributed by atoms with Gasteiger partial charge in [0.1, 0.15) is 0 Å². The van der Waals surface area contributed by atoms with Crippen LogP contribution in [0, 0.1) is 5.92 Å². The fourth-order valence-electron chi connectivity index (χ4n) is 1.33. The van der Waals surface area contributed by atoms with E-state index in [1.807, 2.05) is 6.92 Å². The second kappa shape index (κ2) is 4.76. The second-order valence-corrected chi connectivity index (χ2v) is 5.81. The Morgan fingerprint density at radius 3 is 2.80 bits per heavy atom. The minimum atomic E-state index is -3.10. The summed E-state index contributed by atoms with van der Waals surface area (Å²) >= 11 is 0. The summed E-state index contributed by atoms with van der Waals surface area (Å²) in [6, 6.07) is -0.382. The molecule has 0 bridgehead atoms. The minimum absolute atomic E-state index is 0.0320. The van der Waals surface area contributed by atoms with Crippen LogP contribution in [0.4, 0.5) is 0 Å². The van der Waals surface area contributed by atoms with Crippen molar-refractivity contribution in [3.63, 3.8) is 0 Å². The van der Waals surface area contributed by atoms with Gasteiger partial charge >= 0.3 is 0 Å². The van der Waals surface area contributed by atoms with Gasteiger partial charge < -0.3 is 11.1 Å². The van der Waals surface area contributed by atoms with E-state index in [4.69, 9.17) is 5.73 Å². The third-order valence-corrected chi connectivity index (χ3v) is 3.61. The summed E-state index contributed by atoms with van der Waals surface area (Å²) < 4.78 is 22.1. The number of nitrogens with two attached hydrogens (primary N) is 1. The minimum Gasteiger partial charge on any atom is -0.349 e. The molecule has 1 heterocycles. The molecule has 0 aromatic rings. The topological polar surface area (TPSA) is 89.3 Å². The van der Waals surface area contributed by atoms with Gasteiger partial charge in [-0.25, -0.2) is 8.42 Å². The van der Waals surface area contributed by atoms with Gasteiger partial charge in [0.2, 0.25) is 5.91 Å². The smallest absolute Gasteiger partial charge is 0.220 e. The summed E-state index contributed by atoms with van der Waals surface area (Å²) in [6.45, 7) is 2.33. The maximum Gasteiger partial charge on any atom is 0.220 e. The summed E-state index contributed by atoms with van der Waals surface area (Å²) in [5.74, 6) is -0.0675. The molecule has 0 saturated carbocycles. The lowest BCUT2D eigenvalue weighted by Gasteiger charge is -2.12. The molecule has 86 valence electrons. The van der Waals surface area contributed by atoms with E-state index in [2.05, 4.69) is 5.32 Å². The summed E-state index contributed by atoms with van der Waals surface area (Å²) in [5.41, 5.74) is 5.38. The maximum absolute atomic E-state index is 11.4. The van der Waals surface area contributed by atoms with Gasteiger partial charge in [-0.05, 0) is 18.5 Å². The molecule has 5 nitrogen and oxygen atoms in total. The predicted molar refractivity (Wildman–Crippen MR) is 57.7 cm³/mol. The molecule has 1 rings (SSSR count). The van der Waals surface area contributed by atoms with Crippen molar-refractivity contribution in [1.82, 2.24) is 5.32 Å². The molecule has 0 aromatic carbocycles. The molecule has 2 unspecified atom stereocenters. The number of carbonyl (C=O) groups excluding carboxylic acids is 1. The van der Waals surface area contributed by atoms with E-state index in [1.54, 1.807) is 0 Å². The number of carbonyl (C=O) groups is 1. The van der Waals surface area contributed by atoms with Gasteiger partial charge in [-0.2, -0.15) is 0 Å². The largest absolute Gasteiger partial charge is 0.349 e. The number of amides is 1. The zero-order valence-corrected chi connectivity index (χ0v) is 9.46. The van der Waals surface area contributed by atoms with Crippen molar-refractivity contribution < 1.29 is 13.2 Å². The first-order chi connectivity index (χ1) is 6.93. The van der Waals surface area contributed by atoms with Gasteiger partial charge in [-0.15, -0.1) is 0 Å². The highest BCUT2D eigenvalue weighted by Crippen LogP contribution is 2.08. The monoisotopic (exact) mass is 232 g/mol. The van der Waals surface area contributed by atoms with Crippen molar-refractivity contribution in [2.45, 2.75) is 19.4 Å². The van der Waals surface area contributed by atoms with Crippen molar-refractivity contribution in [3.8, 4) is 0 Å². The SMILES string of the molecule is CC(CN)CC(=O)NC1C=CS(=O)(=O)C1. The van der Waals surface area contributed by atoms with Crippen LogP contribution in [0.1, 0.15) is 13.3 Å². The Balaban J connectivity index is 2.38. The molecule has 15 heavy (non-hydrogen) atoms. The summed E-state index contributed by atoms with van der Waals surface area (Å²) in [4.78, 5) is 11.4. The van der Waals surface area contributed by atoms with Crippen molar-refractivity contribution in [2.75, 3.05) is 12.3 Å². The fourth-order valence-corrected chi connectivity index (χ4v) is 2.57. The third kappa shape index (κ3) is 4.01. The van der Waals surface area contributed by atoms with Crippen molar-refractivity contribution in [2.24, 2.45) is 11.7 Å². The normalized spacial score (nSPS) is 25.1. The van der Waals surface area contributed by atoms with Crippen LogP contribution in [0.2, 0.25) is 0 Å². The Bertz CT molecular complexity index is 362. The number of rotatable bonds is 4. The quantitative estimate of drug-likeness (QED) is 0.677. The van der Waals surface area contributed by atoms with E-state index in [-0.39, 0.29) is 23.6 Å². The molecule has 1 amide bonds. The average molecular weight is 232 g/mol. The Morgan fingerprint density at radius 2 is 2.33 bits per heavy atom. The van der Waals surface area contributed by atoms with E-state index in [1.165, 1.54) is 6.08 Å². The molecule has 6 heteroatoms. The molecule has 2 atom stereocenters. The van der Waals surface area contributed by atoms with Crippen LogP contribution >= 0.6 is 0 Å². The summed E-state index contributed by atoms with van der Waals surface area (Å²) in [7, 11) is -3.10. The van der Waals surface area contributed by atoms with Crippen LogP contribution in [0.25, 0.3) is 0 Å². The van der Waals surface area contributed by atoms with Gasteiger partial charge in [0.05, 0.1) is 11.8 Å². The summed E-state index contributed by atoms with van der Waals surface area (Å²) in [5, 5.41) is 3.78. The van der Waals surface area contributed by atoms with Crippen LogP contribution in [-0.4, -0.2) is 32.7 Å². The molecule has 0 fully saturated rings. The summed E-state index contributed by atoms with van der Waals surface area (Å²) in [6.07, 6.45) is 1.83. The van der Waals surface area contributed by atoms with E-state index in [0.29, 0.717) is 13.0 Å². The molecule has 1 aliphatic rings. The molecule has 0 aliphatic carbocycles. The second-order valence-electron chi connectivity index (χ2n) is 3.88. The highest BCUT2D eigenvalue weighted by molar-refractivity contribution is 7.94. The number of hydrogen-bond acceptors (Lipinski definition) is 4. The first-order valence-electron chi connectivity index (χ1n) is 4.83. The first-order valence-corrected chi connectivity index (χ1v) is 6.55. The standard InChI is InChI=1S/C9H16N2O3S/c1-7(5-10)4-9(12)11-8-2-3-15(13,14)6-8/h2-3,7-8H,4-6,10H2,1H3,(H,11,12). The van der Waals surface area contributed by atoms with Gasteiger partial charge in [0, 0.05) is 11.8 Å². The van der Waals surface area contributed by atoms with Gasteiger partial charge in [-0.3, -0.25) is 4.79 Å². The van der Waals surface area contributed by atoms with Gasteiger partial charge in [0.25, 0.3) is 0 Å². The van der Waals surface area contributed by atoms with Crippen molar-refractivity contribution in [3.05, 3.63) is 11.5 Å². The van der Waals surface area contributed by atoms with Crippen LogP contribution < -0.4 is 11.1 Å². The van der Waals surface area contributed by atoms with Gasteiger partial charge in [0.15, 0.2) is 9.84 Å². The molecule has 3 N–H and O–H groups in total. The molecule has 0 aromatic heterocycles. The molecular weight excluding hydrogens is 216 g/mol. The molecule has 0 spiro atoms. The average Bonchev–Trinajstić information content (AvgIpc) is 2.44. The number of nitrogens with one attached hydrogen (secondary N) is 1. The van der Waals surface area contributed by atoms with Crippen molar-refractivity contribution >= 4 is 15.7 Å². The Hall–Kier alpha value is -0.880. The zero-order valence-electron chi connectivity index (χ0n) is 8.64.